The van der Waals surface area contributed by atoms with E-state index in [1.54, 1.807) is 13.0 Å². The van der Waals surface area contributed by atoms with Crippen LogP contribution in [0.5, 0.6) is 11.5 Å². The van der Waals surface area contributed by atoms with Crippen LogP contribution >= 0.6 is 0 Å². The van der Waals surface area contributed by atoms with Gasteiger partial charge in [0.1, 0.15) is 22.7 Å². The topological polar surface area (TPSA) is 66.8 Å². The molecule has 0 bridgehead atoms. The van der Waals surface area contributed by atoms with E-state index < -0.39 is 5.97 Å². The molecule has 0 radical (unpaired) electrons. The highest BCUT2D eigenvalue weighted by Gasteiger charge is 2.46. The van der Waals surface area contributed by atoms with Gasteiger partial charge in [-0.15, -0.1) is 0 Å². The first-order valence-electron chi connectivity index (χ1n) is 7.68. The molecule has 2 aliphatic rings. The van der Waals surface area contributed by atoms with Crippen LogP contribution < -0.4 is 4.74 Å². The van der Waals surface area contributed by atoms with Crippen LogP contribution in [0.4, 0.5) is 0 Å². The molecule has 0 amide bonds. The molecule has 0 spiro atoms. The number of hydrogen-bond acceptors (Lipinski definition) is 3. The molecular weight excluding hydrogens is 280 g/mol. The number of benzene rings is 1. The lowest BCUT2D eigenvalue weighted by Gasteiger charge is -2.46. The quantitative estimate of drug-likeness (QED) is 0.769. The van der Waals surface area contributed by atoms with Gasteiger partial charge < -0.3 is 14.9 Å². The highest BCUT2D eigenvalue weighted by Crippen LogP contribution is 2.54. The Labute approximate surface area is 130 Å². The number of ether oxygens (including phenoxy) is 1. The van der Waals surface area contributed by atoms with Crippen molar-refractivity contribution in [1.82, 2.24) is 0 Å². The maximum Gasteiger partial charge on any atom is 0.339 e. The fourth-order valence-electron chi connectivity index (χ4n) is 3.95. The zero-order valence-corrected chi connectivity index (χ0v) is 13.4. The van der Waals surface area contributed by atoms with Crippen molar-refractivity contribution in [3.05, 3.63) is 34.4 Å². The lowest BCUT2D eigenvalue weighted by molar-refractivity contribution is 0.0107. The summed E-state index contributed by atoms with van der Waals surface area (Å²) >= 11 is 0. The first-order chi connectivity index (χ1) is 10.2. The lowest BCUT2D eigenvalue weighted by atomic mass is 9.67. The first kappa shape index (κ1) is 14.9. The van der Waals surface area contributed by atoms with Crippen molar-refractivity contribution in [3.8, 4) is 11.5 Å². The molecule has 1 unspecified atom stereocenters. The van der Waals surface area contributed by atoms with Gasteiger partial charge in [-0.2, -0.15) is 0 Å². The second kappa shape index (κ2) is 4.77. The normalized spacial score (nSPS) is 25.5. The smallest absolute Gasteiger partial charge is 0.339 e. The number of carbonyl (C=O) groups is 1. The van der Waals surface area contributed by atoms with Crippen molar-refractivity contribution in [2.24, 2.45) is 5.92 Å². The third-order valence-electron chi connectivity index (χ3n) is 5.06. The summed E-state index contributed by atoms with van der Waals surface area (Å²) in [6, 6.07) is 1.74. The summed E-state index contributed by atoms with van der Waals surface area (Å²) in [4.78, 5) is 11.5. The summed E-state index contributed by atoms with van der Waals surface area (Å²) in [5.41, 5.74) is 2.08. The lowest BCUT2D eigenvalue weighted by Crippen LogP contribution is -2.45. The van der Waals surface area contributed by atoms with E-state index in [0.717, 1.165) is 12.8 Å². The second-order valence-corrected chi connectivity index (χ2v) is 7.02. The number of allylic oxidation sites excluding steroid dienone is 2. The van der Waals surface area contributed by atoms with E-state index in [1.807, 2.05) is 0 Å². The molecule has 3 rings (SSSR count). The Morgan fingerprint density at radius 1 is 1.36 bits per heavy atom. The molecule has 1 aliphatic heterocycles. The summed E-state index contributed by atoms with van der Waals surface area (Å²) in [5, 5.41) is 20.0. The molecule has 0 aromatic heterocycles. The predicted molar refractivity (Wildman–Crippen MR) is 83.7 cm³/mol. The molecule has 2 N–H and O–H groups in total. The van der Waals surface area contributed by atoms with E-state index in [9.17, 15) is 15.0 Å². The highest BCUT2D eigenvalue weighted by molar-refractivity contribution is 5.93. The zero-order valence-electron chi connectivity index (χ0n) is 13.4. The molecule has 4 heteroatoms. The van der Waals surface area contributed by atoms with Crippen LogP contribution in [0.2, 0.25) is 0 Å². The largest absolute Gasteiger partial charge is 0.507 e. The van der Waals surface area contributed by atoms with Crippen LogP contribution in [0.15, 0.2) is 17.7 Å². The molecular formula is C18H22O4. The van der Waals surface area contributed by atoms with Gasteiger partial charge in [0, 0.05) is 17.4 Å². The van der Waals surface area contributed by atoms with Gasteiger partial charge in [-0.05, 0) is 52.2 Å². The van der Waals surface area contributed by atoms with Crippen LogP contribution in [0.3, 0.4) is 0 Å². The van der Waals surface area contributed by atoms with Crippen molar-refractivity contribution in [1.29, 1.82) is 0 Å². The van der Waals surface area contributed by atoms with E-state index in [4.69, 9.17) is 4.74 Å². The number of aromatic hydroxyl groups is 1. The van der Waals surface area contributed by atoms with Gasteiger partial charge in [-0.25, -0.2) is 4.79 Å². The third-order valence-corrected chi connectivity index (χ3v) is 5.06. The SMILES string of the molecule is CC1=C[C@H]2c3c(cc(C)c(C(=O)O)c3O)OC(C)(C)C2CC1. The minimum absolute atomic E-state index is 0.00574. The van der Waals surface area contributed by atoms with Gasteiger partial charge in [0.2, 0.25) is 0 Å². The Kier molecular flexibility index (Phi) is 3.24. The maximum absolute atomic E-state index is 11.5. The number of hydrogen-bond donors (Lipinski definition) is 2. The van der Waals surface area contributed by atoms with Gasteiger partial charge in [-0.1, -0.05) is 11.6 Å². The van der Waals surface area contributed by atoms with Crippen molar-refractivity contribution in [2.45, 2.75) is 52.1 Å². The highest BCUT2D eigenvalue weighted by atomic mass is 16.5. The van der Waals surface area contributed by atoms with Crippen LogP contribution in [-0.4, -0.2) is 21.8 Å². The molecule has 2 atom stereocenters. The molecule has 0 saturated heterocycles. The molecule has 1 aromatic rings. The van der Waals surface area contributed by atoms with E-state index >= 15 is 0 Å². The number of aromatic carboxylic acids is 1. The van der Waals surface area contributed by atoms with Crippen molar-refractivity contribution < 1.29 is 19.7 Å². The second-order valence-electron chi connectivity index (χ2n) is 7.02. The molecule has 0 saturated carbocycles. The number of rotatable bonds is 1. The number of carboxylic acids is 1. The monoisotopic (exact) mass is 302 g/mol. The third kappa shape index (κ3) is 2.09. The molecule has 118 valence electrons. The Bertz CT molecular complexity index is 685. The number of phenols is 1. The van der Waals surface area contributed by atoms with Crippen LogP contribution in [0.1, 0.15) is 61.0 Å². The molecule has 1 heterocycles. The number of carboxylic acid groups (broad SMARTS) is 1. The Morgan fingerprint density at radius 2 is 2.05 bits per heavy atom. The Balaban J connectivity index is 2.28. The van der Waals surface area contributed by atoms with E-state index in [1.165, 1.54) is 5.57 Å². The van der Waals surface area contributed by atoms with Gasteiger partial charge in [0.05, 0.1) is 0 Å². The van der Waals surface area contributed by atoms with E-state index in [-0.39, 0.29) is 28.7 Å². The average molecular weight is 302 g/mol. The molecule has 1 aliphatic carbocycles. The summed E-state index contributed by atoms with van der Waals surface area (Å²) in [5.74, 6) is -0.392. The van der Waals surface area contributed by atoms with Crippen molar-refractivity contribution >= 4 is 5.97 Å². The van der Waals surface area contributed by atoms with Gasteiger partial charge in [-0.3, -0.25) is 0 Å². The minimum Gasteiger partial charge on any atom is -0.507 e. The maximum atomic E-state index is 11.5. The van der Waals surface area contributed by atoms with Gasteiger partial charge in [0.15, 0.2) is 0 Å². The summed E-state index contributed by atoms with van der Waals surface area (Å²) in [7, 11) is 0. The van der Waals surface area contributed by atoms with Crippen LogP contribution in [0.25, 0.3) is 0 Å². The summed E-state index contributed by atoms with van der Waals surface area (Å²) in [6.45, 7) is 7.91. The van der Waals surface area contributed by atoms with Gasteiger partial charge >= 0.3 is 5.97 Å². The molecule has 1 aromatic carbocycles. The predicted octanol–water partition coefficient (Wildman–Crippen LogP) is 4.01. The van der Waals surface area contributed by atoms with E-state index in [0.29, 0.717) is 16.9 Å². The number of fused-ring (bicyclic) bond motifs is 3. The summed E-state index contributed by atoms with van der Waals surface area (Å²) < 4.78 is 6.14. The fraction of sp³-hybridized carbons (Fsp3) is 0.500. The minimum atomic E-state index is -1.10. The molecule has 22 heavy (non-hydrogen) atoms. The van der Waals surface area contributed by atoms with Crippen LogP contribution in [-0.2, 0) is 0 Å². The van der Waals surface area contributed by atoms with E-state index in [2.05, 4.69) is 26.8 Å². The standard InChI is InChI=1S/C18H22O4/c1-9-5-6-12-11(7-9)15-13(22-18(12,3)4)8-10(2)14(16(15)19)17(20)21/h7-8,11-12,19H,5-6H2,1-4H3,(H,20,21)/t11-,12?/m1/s1. The van der Waals surface area contributed by atoms with Gasteiger partial charge in [0.25, 0.3) is 0 Å². The zero-order chi connectivity index (χ0) is 16.2. The Hall–Kier alpha value is -1.97. The Morgan fingerprint density at radius 3 is 2.68 bits per heavy atom. The molecule has 4 nitrogen and oxygen atoms in total. The first-order valence-corrected chi connectivity index (χ1v) is 7.68. The van der Waals surface area contributed by atoms with Crippen molar-refractivity contribution in [3.63, 3.8) is 0 Å². The summed E-state index contributed by atoms with van der Waals surface area (Å²) in [6.07, 6.45) is 4.16. The fourth-order valence-corrected chi connectivity index (χ4v) is 3.95. The van der Waals surface area contributed by atoms with Crippen molar-refractivity contribution in [2.75, 3.05) is 0 Å². The van der Waals surface area contributed by atoms with Crippen LogP contribution in [0, 0.1) is 12.8 Å². The number of aryl methyl sites for hydroxylation is 1. The average Bonchev–Trinajstić information content (AvgIpc) is 2.35. The molecule has 0 fully saturated rings.